The summed E-state index contributed by atoms with van der Waals surface area (Å²) in [6.45, 7) is 1.38. The van der Waals surface area contributed by atoms with Gasteiger partial charge in [0.05, 0.1) is 18.5 Å². The number of rotatable bonds is 4. The highest BCUT2D eigenvalue weighted by Gasteiger charge is 2.34. The van der Waals surface area contributed by atoms with Crippen LogP contribution in [-0.4, -0.2) is 48.2 Å². The molecule has 0 radical (unpaired) electrons. The van der Waals surface area contributed by atoms with Crippen molar-refractivity contribution < 1.29 is 13.5 Å². The fraction of sp³-hybridized carbons (Fsp3) is 0.348. The molecule has 0 amide bonds. The Morgan fingerprint density at radius 1 is 1.16 bits per heavy atom. The fourth-order valence-corrected chi connectivity index (χ4v) is 4.75. The molecule has 2 aliphatic rings. The van der Waals surface area contributed by atoms with Gasteiger partial charge in [-0.2, -0.15) is 0 Å². The molecule has 1 aromatic carbocycles. The molecule has 0 bridgehead atoms. The van der Waals surface area contributed by atoms with Crippen LogP contribution in [0.4, 0.5) is 20.2 Å². The minimum absolute atomic E-state index is 0.00127. The highest BCUT2D eigenvalue weighted by atomic mass is 19.2. The Hall–Kier alpha value is -3.33. The number of ether oxygens (including phenoxy) is 1. The average Bonchev–Trinajstić information content (AvgIpc) is 3.21. The zero-order chi connectivity index (χ0) is 22.4. The van der Waals surface area contributed by atoms with Crippen LogP contribution in [0, 0.1) is 11.6 Å². The van der Waals surface area contributed by atoms with Crippen LogP contribution < -0.4 is 20.7 Å². The summed E-state index contributed by atoms with van der Waals surface area (Å²) in [7, 11) is 3.20. The largest absolute Gasteiger partial charge is 0.467 e. The lowest BCUT2D eigenvalue weighted by Gasteiger charge is -2.35. The molecule has 0 saturated carbocycles. The number of benzene rings is 1. The molecule has 7 nitrogen and oxygen atoms in total. The molecule has 3 N–H and O–H groups in total. The summed E-state index contributed by atoms with van der Waals surface area (Å²) >= 11 is 0. The first-order chi connectivity index (χ1) is 15.5. The summed E-state index contributed by atoms with van der Waals surface area (Å²) in [6, 6.07) is 1.45. The molecular weight excluding hydrogens is 414 g/mol. The summed E-state index contributed by atoms with van der Waals surface area (Å²) in [6.07, 6.45) is 7.33. The van der Waals surface area contributed by atoms with Crippen molar-refractivity contribution in [2.75, 3.05) is 37.5 Å². The smallest absolute Gasteiger partial charge is 0.316 e. The molecule has 0 spiro atoms. The van der Waals surface area contributed by atoms with E-state index in [1.165, 1.54) is 13.2 Å². The summed E-state index contributed by atoms with van der Waals surface area (Å²) in [5.41, 5.74) is 11.4. The van der Waals surface area contributed by atoms with Gasteiger partial charge < -0.3 is 20.7 Å². The van der Waals surface area contributed by atoms with E-state index in [9.17, 15) is 4.39 Å². The summed E-state index contributed by atoms with van der Waals surface area (Å²) < 4.78 is 34.9. The summed E-state index contributed by atoms with van der Waals surface area (Å²) in [4.78, 5) is 15.3. The minimum atomic E-state index is -0.888. The van der Waals surface area contributed by atoms with Crippen LogP contribution in [0.1, 0.15) is 24.1 Å². The third-order valence-electron chi connectivity index (χ3n) is 6.22. The summed E-state index contributed by atoms with van der Waals surface area (Å²) in [5.74, 6) is -1.74. The van der Waals surface area contributed by atoms with Gasteiger partial charge in [0.15, 0.2) is 11.6 Å². The van der Waals surface area contributed by atoms with Crippen molar-refractivity contribution >= 4 is 11.4 Å². The van der Waals surface area contributed by atoms with E-state index in [1.807, 2.05) is 0 Å². The number of nitrogens with one attached hydrogen (secondary N) is 1. The maximum atomic E-state index is 15.2. The van der Waals surface area contributed by atoms with Crippen LogP contribution in [0.15, 0.2) is 24.7 Å². The van der Waals surface area contributed by atoms with Crippen LogP contribution in [0.5, 0.6) is 6.01 Å². The minimum Gasteiger partial charge on any atom is -0.467 e. The van der Waals surface area contributed by atoms with E-state index < -0.39 is 11.6 Å². The molecule has 5 rings (SSSR count). The second-order valence-electron chi connectivity index (χ2n) is 8.15. The number of pyridine rings is 1. The van der Waals surface area contributed by atoms with Gasteiger partial charge in [-0.15, -0.1) is 0 Å². The van der Waals surface area contributed by atoms with Crippen molar-refractivity contribution in [2.24, 2.45) is 5.73 Å². The van der Waals surface area contributed by atoms with E-state index in [1.54, 1.807) is 25.6 Å². The van der Waals surface area contributed by atoms with E-state index in [0.29, 0.717) is 41.0 Å². The van der Waals surface area contributed by atoms with Crippen LogP contribution in [0.3, 0.4) is 0 Å². The lowest BCUT2D eigenvalue weighted by molar-refractivity contribution is 0.380. The van der Waals surface area contributed by atoms with E-state index in [0.717, 1.165) is 30.6 Å². The van der Waals surface area contributed by atoms with E-state index in [-0.39, 0.29) is 17.6 Å². The Bertz CT molecular complexity index is 1180. The second-order valence-corrected chi connectivity index (χ2v) is 8.15. The van der Waals surface area contributed by atoms with Gasteiger partial charge in [-0.3, -0.25) is 4.98 Å². The maximum Gasteiger partial charge on any atom is 0.316 e. The molecule has 2 aromatic heterocycles. The van der Waals surface area contributed by atoms with E-state index in [4.69, 9.17) is 10.5 Å². The molecule has 166 valence electrons. The molecule has 1 saturated heterocycles. The fourth-order valence-electron chi connectivity index (χ4n) is 4.75. The number of methoxy groups -OCH3 is 1. The standard InChI is InChI=1S/C23H24F2N6O/c1-27-17-7-16(24)21(25)19-14(17)6-18-20(19)22(31-5-3-4-13(26)11-31)15(10-28-18)12-8-29-23(32-2)30-9-12/h7-10,13,27H,3-6,11,26H2,1-2H3. The molecule has 1 aliphatic carbocycles. The van der Waals surface area contributed by atoms with Gasteiger partial charge in [0.1, 0.15) is 0 Å². The number of anilines is 2. The third kappa shape index (κ3) is 3.24. The van der Waals surface area contributed by atoms with Gasteiger partial charge in [0.25, 0.3) is 0 Å². The Balaban J connectivity index is 1.78. The third-order valence-corrected chi connectivity index (χ3v) is 6.22. The zero-order valence-corrected chi connectivity index (χ0v) is 18.0. The van der Waals surface area contributed by atoms with Crippen LogP contribution >= 0.6 is 0 Å². The first-order valence-corrected chi connectivity index (χ1v) is 10.6. The summed E-state index contributed by atoms with van der Waals surface area (Å²) in [5, 5.41) is 2.99. The molecule has 9 heteroatoms. The van der Waals surface area contributed by atoms with Crippen molar-refractivity contribution in [3.05, 3.63) is 47.5 Å². The highest BCUT2D eigenvalue weighted by Crippen LogP contribution is 2.50. The van der Waals surface area contributed by atoms with Gasteiger partial charge in [-0.25, -0.2) is 18.7 Å². The lowest BCUT2D eigenvalue weighted by Crippen LogP contribution is -2.43. The molecule has 3 heterocycles. The molecule has 1 fully saturated rings. The van der Waals surface area contributed by atoms with Crippen molar-refractivity contribution in [1.82, 2.24) is 15.0 Å². The van der Waals surface area contributed by atoms with Gasteiger partial charge >= 0.3 is 6.01 Å². The van der Waals surface area contributed by atoms with Crippen molar-refractivity contribution in [2.45, 2.75) is 25.3 Å². The number of fused-ring (bicyclic) bond motifs is 3. The van der Waals surface area contributed by atoms with Gasteiger partial charge in [0.2, 0.25) is 0 Å². The molecule has 1 atom stereocenters. The molecular formula is C23H24F2N6O. The maximum absolute atomic E-state index is 15.2. The molecule has 3 aromatic rings. The number of aromatic nitrogens is 3. The monoisotopic (exact) mass is 438 g/mol. The number of nitrogens with zero attached hydrogens (tertiary/aromatic N) is 4. The van der Waals surface area contributed by atoms with Gasteiger partial charge in [-0.1, -0.05) is 0 Å². The van der Waals surface area contributed by atoms with Crippen LogP contribution in [-0.2, 0) is 6.42 Å². The normalized spacial score (nSPS) is 17.2. The Kier molecular flexibility index (Phi) is 5.13. The van der Waals surface area contributed by atoms with Crippen LogP contribution in [0.25, 0.3) is 22.3 Å². The first kappa shape index (κ1) is 20.6. The SMILES string of the molecule is CNc1cc(F)c(F)c2c1Cc1ncc(-c3cnc(OC)nc3)c(N3CCCC(N)C3)c1-2. The predicted molar refractivity (Wildman–Crippen MR) is 119 cm³/mol. The number of hydrogen-bond acceptors (Lipinski definition) is 7. The number of piperidine rings is 1. The van der Waals surface area contributed by atoms with Crippen molar-refractivity contribution in [1.29, 1.82) is 0 Å². The second kappa shape index (κ2) is 7.98. The van der Waals surface area contributed by atoms with E-state index >= 15 is 4.39 Å². The highest BCUT2D eigenvalue weighted by molar-refractivity contribution is 5.96. The molecule has 1 aliphatic heterocycles. The zero-order valence-electron chi connectivity index (χ0n) is 18.0. The topological polar surface area (TPSA) is 89.2 Å². The Morgan fingerprint density at radius 2 is 1.94 bits per heavy atom. The molecule has 1 unspecified atom stereocenters. The molecule has 32 heavy (non-hydrogen) atoms. The lowest BCUT2D eigenvalue weighted by atomic mass is 9.96. The first-order valence-electron chi connectivity index (χ1n) is 10.6. The van der Waals surface area contributed by atoms with Crippen LogP contribution in [0.2, 0.25) is 0 Å². The Labute approximate surface area is 184 Å². The van der Waals surface area contributed by atoms with Crippen molar-refractivity contribution in [3.63, 3.8) is 0 Å². The van der Waals surface area contributed by atoms with Crippen molar-refractivity contribution in [3.8, 4) is 28.3 Å². The average molecular weight is 438 g/mol. The number of nitrogens with two attached hydrogens (primary N) is 1. The van der Waals surface area contributed by atoms with Gasteiger partial charge in [0, 0.05) is 85.2 Å². The van der Waals surface area contributed by atoms with E-state index in [2.05, 4.69) is 25.2 Å². The number of halogens is 2. The quantitative estimate of drug-likeness (QED) is 0.505. The Morgan fingerprint density at radius 3 is 2.62 bits per heavy atom. The predicted octanol–water partition coefficient (Wildman–Crippen LogP) is 3.37. The van der Waals surface area contributed by atoms with Gasteiger partial charge in [-0.05, 0) is 18.4 Å². The number of hydrogen-bond donors (Lipinski definition) is 2.